The van der Waals surface area contributed by atoms with E-state index in [9.17, 15) is 4.79 Å². The van der Waals surface area contributed by atoms with E-state index in [1.807, 2.05) is 19.2 Å². The minimum absolute atomic E-state index is 0.181. The van der Waals surface area contributed by atoms with E-state index < -0.39 is 0 Å². The van der Waals surface area contributed by atoms with E-state index in [-0.39, 0.29) is 12.1 Å². The Hall–Kier alpha value is -2.57. The zero-order valence-electron chi connectivity index (χ0n) is 16.7. The van der Waals surface area contributed by atoms with Crippen molar-refractivity contribution in [3.05, 3.63) is 35.9 Å². The Morgan fingerprint density at radius 3 is 2.63 bits per heavy atom. The molecule has 0 saturated carbocycles. The van der Waals surface area contributed by atoms with E-state index in [0.29, 0.717) is 5.92 Å². The van der Waals surface area contributed by atoms with E-state index in [1.165, 1.54) is 24.9 Å². The van der Waals surface area contributed by atoms with Crippen molar-refractivity contribution < 1.29 is 4.79 Å². The van der Waals surface area contributed by atoms with E-state index in [1.54, 1.807) is 4.68 Å². The fourth-order valence-corrected chi connectivity index (χ4v) is 3.70. The van der Waals surface area contributed by atoms with E-state index in [2.05, 4.69) is 52.5 Å². The van der Waals surface area contributed by atoms with Gasteiger partial charge in [-0.15, -0.1) is 0 Å². The molecule has 0 bridgehead atoms. The molecule has 1 fully saturated rings. The van der Waals surface area contributed by atoms with Crippen molar-refractivity contribution in [2.75, 3.05) is 23.3 Å². The number of anilines is 2. The first-order valence-corrected chi connectivity index (χ1v) is 9.71. The number of amides is 2. The fraction of sp³-hybridized carbons (Fsp3) is 0.550. The van der Waals surface area contributed by atoms with Crippen LogP contribution in [0.3, 0.4) is 0 Å². The number of hydrogen-bond acceptors (Lipinski definition) is 4. The number of hydrogen-bond donors (Lipinski definition) is 2. The van der Waals surface area contributed by atoms with Crippen molar-refractivity contribution in [1.29, 1.82) is 0 Å². The zero-order chi connectivity index (χ0) is 19.4. The third-order valence-electron chi connectivity index (χ3n) is 5.07. The Bertz CT molecular complexity index is 779. The van der Waals surface area contributed by atoms with Crippen molar-refractivity contribution in [2.24, 2.45) is 13.0 Å². The summed E-state index contributed by atoms with van der Waals surface area (Å²) in [7, 11) is 1.85. The molecule has 1 aromatic heterocycles. The molecule has 1 atom stereocenters. The molecule has 146 valence electrons. The van der Waals surface area contributed by atoms with Crippen molar-refractivity contribution in [3.63, 3.8) is 0 Å². The molecule has 7 nitrogen and oxygen atoms in total. The van der Waals surface area contributed by atoms with Gasteiger partial charge in [-0.05, 0) is 49.8 Å². The molecule has 1 saturated heterocycles. The number of aryl methyl sites for hydroxylation is 1. The van der Waals surface area contributed by atoms with Crippen LogP contribution in [-0.4, -0.2) is 33.9 Å². The van der Waals surface area contributed by atoms with Crippen LogP contribution in [0.5, 0.6) is 0 Å². The van der Waals surface area contributed by atoms with Crippen molar-refractivity contribution in [3.8, 4) is 0 Å². The van der Waals surface area contributed by atoms with Crippen molar-refractivity contribution in [2.45, 2.75) is 46.1 Å². The lowest BCUT2D eigenvalue weighted by Gasteiger charge is -2.23. The van der Waals surface area contributed by atoms with Crippen LogP contribution in [0, 0.1) is 12.8 Å². The molecule has 2 aromatic rings. The molecule has 3 rings (SSSR count). The fourth-order valence-electron chi connectivity index (χ4n) is 3.70. The molecular weight excluding hydrogens is 340 g/mol. The summed E-state index contributed by atoms with van der Waals surface area (Å²) in [5.74, 6) is 1.19. The average molecular weight is 371 g/mol. The van der Waals surface area contributed by atoms with Crippen LogP contribution in [-0.2, 0) is 7.05 Å². The molecule has 2 N–H and O–H groups in total. The Morgan fingerprint density at radius 2 is 2.00 bits per heavy atom. The van der Waals surface area contributed by atoms with E-state index in [4.69, 9.17) is 0 Å². The molecule has 0 aliphatic carbocycles. The predicted octanol–water partition coefficient (Wildman–Crippen LogP) is 3.63. The number of carbonyl (C=O) groups excluding carboxylic acids is 1. The largest absolute Gasteiger partial charge is 0.371 e. The van der Waals surface area contributed by atoms with Gasteiger partial charge in [-0.1, -0.05) is 19.9 Å². The smallest absolute Gasteiger partial charge is 0.319 e. The van der Waals surface area contributed by atoms with Crippen LogP contribution in [0.2, 0.25) is 0 Å². The second-order valence-corrected chi connectivity index (χ2v) is 7.67. The van der Waals surface area contributed by atoms with Gasteiger partial charge in [0.2, 0.25) is 0 Å². The number of aromatic nitrogens is 3. The Labute approximate surface area is 161 Å². The molecule has 0 spiro atoms. The number of urea groups is 1. The number of carbonyl (C=O) groups is 1. The lowest BCUT2D eigenvalue weighted by molar-refractivity contribution is 0.245. The highest BCUT2D eigenvalue weighted by molar-refractivity contribution is 5.91. The lowest BCUT2D eigenvalue weighted by Crippen LogP contribution is -2.35. The highest BCUT2D eigenvalue weighted by atomic mass is 16.2. The molecule has 0 unspecified atom stereocenters. The Morgan fingerprint density at radius 1 is 1.26 bits per heavy atom. The van der Waals surface area contributed by atoms with Crippen LogP contribution >= 0.6 is 0 Å². The summed E-state index contributed by atoms with van der Waals surface area (Å²) in [6.45, 7) is 8.50. The van der Waals surface area contributed by atoms with Crippen LogP contribution in [0.25, 0.3) is 0 Å². The monoisotopic (exact) mass is 370 g/mol. The van der Waals surface area contributed by atoms with Gasteiger partial charge in [-0.2, -0.15) is 5.10 Å². The van der Waals surface area contributed by atoms with Gasteiger partial charge < -0.3 is 15.5 Å². The van der Waals surface area contributed by atoms with E-state index in [0.717, 1.165) is 36.6 Å². The molecule has 1 aliphatic heterocycles. The maximum absolute atomic E-state index is 12.7. The van der Waals surface area contributed by atoms with Crippen LogP contribution in [0.4, 0.5) is 16.2 Å². The van der Waals surface area contributed by atoms with Crippen LogP contribution in [0.1, 0.15) is 50.5 Å². The summed E-state index contributed by atoms with van der Waals surface area (Å²) in [4.78, 5) is 19.4. The Kier molecular flexibility index (Phi) is 5.98. The lowest BCUT2D eigenvalue weighted by atomic mass is 10.0. The summed E-state index contributed by atoms with van der Waals surface area (Å²) in [6, 6.07) is 5.69. The molecule has 1 aromatic carbocycles. The van der Waals surface area contributed by atoms with Gasteiger partial charge in [-0.25, -0.2) is 9.78 Å². The normalized spacial score (nSPS) is 15.2. The molecule has 27 heavy (non-hydrogen) atoms. The van der Waals surface area contributed by atoms with Gasteiger partial charge in [0.15, 0.2) is 0 Å². The zero-order valence-corrected chi connectivity index (χ0v) is 16.7. The van der Waals surface area contributed by atoms with Gasteiger partial charge in [0.05, 0.1) is 6.04 Å². The third kappa shape index (κ3) is 4.59. The molecule has 1 aliphatic rings. The van der Waals surface area contributed by atoms with Gasteiger partial charge in [0, 0.05) is 31.5 Å². The maximum Gasteiger partial charge on any atom is 0.319 e. The summed E-state index contributed by atoms with van der Waals surface area (Å²) >= 11 is 0. The topological polar surface area (TPSA) is 75.1 Å². The number of rotatable bonds is 6. The van der Waals surface area contributed by atoms with Crippen LogP contribution < -0.4 is 15.5 Å². The first kappa shape index (κ1) is 19.2. The van der Waals surface area contributed by atoms with E-state index >= 15 is 0 Å². The first-order valence-electron chi connectivity index (χ1n) is 9.71. The van der Waals surface area contributed by atoms with Crippen molar-refractivity contribution in [1.82, 2.24) is 20.1 Å². The quantitative estimate of drug-likeness (QED) is 0.814. The number of nitrogens with one attached hydrogen (secondary N) is 2. The average Bonchev–Trinajstić information content (AvgIpc) is 3.27. The van der Waals surface area contributed by atoms with Gasteiger partial charge in [-0.3, -0.25) is 4.68 Å². The minimum atomic E-state index is -0.217. The maximum atomic E-state index is 12.7. The summed E-state index contributed by atoms with van der Waals surface area (Å²) < 4.78 is 1.71. The van der Waals surface area contributed by atoms with Gasteiger partial charge in [0.25, 0.3) is 0 Å². The number of nitrogens with zero attached hydrogens (tertiary/aromatic N) is 4. The third-order valence-corrected chi connectivity index (χ3v) is 5.07. The van der Waals surface area contributed by atoms with Gasteiger partial charge >= 0.3 is 6.03 Å². The molecule has 2 amide bonds. The number of benzene rings is 1. The molecule has 7 heteroatoms. The predicted molar refractivity (Wildman–Crippen MR) is 108 cm³/mol. The second kappa shape index (κ2) is 8.41. The summed E-state index contributed by atoms with van der Waals surface area (Å²) in [6.07, 6.45) is 4.77. The first-order chi connectivity index (χ1) is 13.0. The SMILES string of the molecule is Cc1c(NC(=O)N[C@@H](CC(C)C)c2ncnn2C)cccc1N1CCCC1. The Balaban J connectivity index is 1.72. The van der Waals surface area contributed by atoms with Crippen LogP contribution in [0.15, 0.2) is 24.5 Å². The molecular formula is C20H30N6O. The summed E-state index contributed by atoms with van der Waals surface area (Å²) in [5, 5.41) is 10.2. The second-order valence-electron chi connectivity index (χ2n) is 7.67. The molecule has 0 radical (unpaired) electrons. The highest BCUT2D eigenvalue weighted by Gasteiger charge is 2.21. The molecule has 2 heterocycles. The standard InChI is InChI=1S/C20H30N6O/c1-14(2)12-17(19-21-13-22-25(19)4)24-20(27)23-16-8-7-9-18(15(16)3)26-10-5-6-11-26/h7-9,13-14,17H,5-6,10-12H2,1-4H3,(H2,23,24,27)/t17-/m0/s1. The van der Waals surface area contributed by atoms with Gasteiger partial charge in [0.1, 0.15) is 12.2 Å². The highest BCUT2D eigenvalue weighted by Crippen LogP contribution is 2.29. The van der Waals surface area contributed by atoms with Crippen molar-refractivity contribution >= 4 is 17.4 Å². The minimum Gasteiger partial charge on any atom is -0.371 e. The summed E-state index contributed by atoms with van der Waals surface area (Å²) in [5.41, 5.74) is 3.16.